The lowest BCUT2D eigenvalue weighted by Crippen LogP contribution is -2.16. The van der Waals surface area contributed by atoms with Gasteiger partial charge in [-0.2, -0.15) is 0 Å². The molecule has 0 radical (unpaired) electrons. The highest BCUT2D eigenvalue weighted by molar-refractivity contribution is 7.14. The van der Waals surface area contributed by atoms with E-state index in [0.29, 0.717) is 5.15 Å². The van der Waals surface area contributed by atoms with Gasteiger partial charge in [-0.1, -0.05) is 37.8 Å². The van der Waals surface area contributed by atoms with E-state index in [2.05, 4.69) is 17.2 Å². The Morgan fingerprint density at radius 3 is 3.12 bits per heavy atom. The molecule has 2 rings (SSSR count). The molecule has 1 N–H and O–H groups in total. The van der Waals surface area contributed by atoms with E-state index in [1.807, 2.05) is 5.38 Å². The number of hydrogen-bond acceptors (Lipinski definition) is 3. The Balaban J connectivity index is 1.67. The van der Waals surface area contributed by atoms with Gasteiger partial charge in [-0.3, -0.25) is 0 Å². The maximum Gasteiger partial charge on any atom is 0.184 e. The Morgan fingerprint density at radius 2 is 2.44 bits per heavy atom. The highest BCUT2D eigenvalue weighted by atomic mass is 35.5. The van der Waals surface area contributed by atoms with E-state index in [0.717, 1.165) is 23.5 Å². The molecule has 2 unspecified atom stereocenters. The summed E-state index contributed by atoms with van der Waals surface area (Å²) in [5.41, 5.74) is 0. The van der Waals surface area contributed by atoms with Gasteiger partial charge in [0, 0.05) is 11.9 Å². The van der Waals surface area contributed by atoms with Gasteiger partial charge in [0.05, 0.1) is 0 Å². The summed E-state index contributed by atoms with van der Waals surface area (Å²) in [4.78, 5) is 4.18. The van der Waals surface area contributed by atoms with Crippen LogP contribution in [0.15, 0.2) is 5.38 Å². The third kappa shape index (κ3) is 3.63. The van der Waals surface area contributed by atoms with Crippen LogP contribution in [0, 0.1) is 11.8 Å². The van der Waals surface area contributed by atoms with Crippen LogP contribution in [0.3, 0.4) is 0 Å². The summed E-state index contributed by atoms with van der Waals surface area (Å²) in [7, 11) is 0. The second-order valence-electron chi connectivity index (χ2n) is 4.83. The molecule has 1 saturated carbocycles. The first-order valence-corrected chi connectivity index (χ1v) is 7.34. The first kappa shape index (κ1) is 12.2. The van der Waals surface area contributed by atoms with Gasteiger partial charge < -0.3 is 5.32 Å². The van der Waals surface area contributed by atoms with E-state index in [-0.39, 0.29) is 0 Å². The highest BCUT2D eigenvalue weighted by Gasteiger charge is 2.18. The lowest BCUT2D eigenvalue weighted by molar-refractivity contribution is 0.274. The van der Waals surface area contributed by atoms with Crippen molar-refractivity contribution in [1.82, 2.24) is 4.98 Å². The van der Waals surface area contributed by atoms with Gasteiger partial charge in [-0.15, -0.1) is 11.3 Å². The minimum Gasteiger partial charge on any atom is -0.361 e. The molecule has 1 fully saturated rings. The summed E-state index contributed by atoms with van der Waals surface area (Å²) >= 11 is 7.35. The topological polar surface area (TPSA) is 24.9 Å². The van der Waals surface area contributed by atoms with Crippen molar-refractivity contribution < 1.29 is 0 Å². The average Bonchev–Trinajstić information content (AvgIpc) is 2.64. The highest BCUT2D eigenvalue weighted by Crippen LogP contribution is 2.30. The molecule has 2 nitrogen and oxygen atoms in total. The van der Waals surface area contributed by atoms with Crippen LogP contribution in [0.1, 0.15) is 39.0 Å². The zero-order valence-electron chi connectivity index (χ0n) is 9.71. The van der Waals surface area contributed by atoms with Gasteiger partial charge in [-0.05, 0) is 24.7 Å². The number of rotatable bonds is 4. The lowest BCUT2D eigenvalue weighted by Gasteiger charge is -2.26. The Labute approximate surface area is 106 Å². The van der Waals surface area contributed by atoms with Crippen molar-refractivity contribution in [3.8, 4) is 0 Å². The van der Waals surface area contributed by atoms with Gasteiger partial charge >= 0.3 is 0 Å². The first-order valence-electron chi connectivity index (χ1n) is 6.09. The molecule has 16 heavy (non-hydrogen) atoms. The standard InChI is InChI=1S/C12H19ClN2S/c1-9-3-2-4-10(7-9)5-6-14-12-15-11(13)8-16-12/h8-10H,2-7H2,1H3,(H,14,15). The fraction of sp³-hybridized carbons (Fsp3) is 0.750. The smallest absolute Gasteiger partial charge is 0.184 e. The molecule has 0 bridgehead atoms. The molecule has 1 aliphatic rings. The third-order valence-electron chi connectivity index (χ3n) is 3.35. The van der Waals surface area contributed by atoms with Crippen molar-refractivity contribution in [3.05, 3.63) is 10.5 Å². The summed E-state index contributed by atoms with van der Waals surface area (Å²) in [6, 6.07) is 0. The second-order valence-corrected chi connectivity index (χ2v) is 6.07. The minimum absolute atomic E-state index is 0.596. The minimum atomic E-state index is 0.596. The summed E-state index contributed by atoms with van der Waals surface area (Å²) in [6.45, 7) is 3.40. The summed E-state index contributed by atoms with van der Waals surface area (Å²) in [5, 5.41) is 6.77. The summed E-state index contributed by atoms with van der Waals surface area (Å²) in [6.07, 6.45) is 6.91. The molecule has 90 valence electrons. The van der Waals surface area contributed by atoms with Crippen molar-refractivity contribution >= 4 is 28.1 Å². The maximum atomic E-state index is 5.77. The van der Waals surface area contributed by atoms with Crippen LogP contribution >= 0.6 is 22.9 Å². The Bertz CT molecular complexity index is 327. The SMILES string of the molecule is CC1CCCC(CCNc2nc(Cl)cs2)C1. The molecule has 0 saturated heterocycles. The Morgan fingerprint density at radius 1 is 1.56 bits per heavy atom. The van der Waals surface area contributed by atoms with Gasteiger partial charge in [0.2, 0.25) is 0 Å². The van der Waals surface area contributed by atoms with Crippen LogP contribution in [0.25, 0.3) is 0 Å². The van der Waals surface area contributed by atoms with Crippen molar-refractivity contribution in [1.29, 1.82) is 0 Å². The van der Waals surface area contributed by atoms with E-state index in [9.17, 15) is 0 Å². The van der Waals surface area contributed by atoms with E-state index in [4.69, 9.17) is 11.6 Å². The quantitative estimate of drug-likeness (QED) is 0.865. The predicted octanol–water partition coefficient (Wildman–Crippen LogP) is 4.42. The molecule has 0 aliphatic heterocycles. The summed E-state index contributed by atoms with van der Waals surface area (Å²) < 4.78 is 0. The van der Waals surface area contributed by atoms with E-state index < -0.39 is 0 Å². The van der Waals surface area contributed by atoms with Gasteiger partial charge in [-0.25, -0.2) is 4.98 Å². The van der Waals surface area contributed by atoms with Crippen LogP contribution < -0.4 is 5.32 Å². The van der Waals surface area contributed by atoms with Crippen LogP contribution in [0.5, 0.6) is 0 Å². The van der Waals surface area contributed by atoms with Crippen LogP contribution in [0.2, 0.25) is 5.15 Å². The molecule has 1 aromatic rings. The van der Waals surface area contributed by atoms with Crippen LogP contribution in [-0.4, -0.2) is 11.5 Å². The van der Waals surface area contributed by atoms with Crippen molar-refractivity contribution in [2.75, 3.05) is 11.9 Å². The molecule has 2 atom stereocenters. The van der Waals surface area contributed by atoms with E-state index in [1.165, 1.54) is 32.1 Å². The van der Waals surface area contributed by atoms with Crippen LogP contribution in [-0.2, 0) is 0 Å². The molecular formula is C12H19ClN2S. The number of anilines is 1. The number of nitrogens with one attached hydrogen (secondary N) is 1. The van der Waals surface area contributed by atoms with E-state index >= 15 is 0 Å². The molecule has 1 aromatic heterocycles. The van der Waals surface area contributed by atoms with Gasteiger partial charge in [0.1, 0.15) is 5.15 Å². The van der Waals surface area contributed by atoms with Gasteiger partial charge in [0.25, 0.3) is 0 Å². The fourth-order valence-corrected chi connectivity index (χ4v) is 3.41. The average molecular weight is 259 g/mol. The lowest BCUT2D eigenvalue weighted by atomic mass is 9.81. The third-order valence-corrected chi connectivity index (χ3v) is 4.47. The molecule has 1 aliphatic carbocycles. The number of nitrogens with zero attached hydrogens (tertiary/aromatic N) is 1. The number of aromatic nitrogens is 1. The fourth-order valence-electron chi connectivity index (χ4n) is 2.54. The maximum absolute atomic E-state index is 5.77. The first-order chi connectivity index (χ1) is 7.74. The number of halogens is 1. The molecule has 0 amide bonds. The van der Waals surface area contributed by atoms with Crippen molar-refractivity contribution in [2.24, 2.45) is 11.8 Å². The molecular weight excluding hydrogens is 240 g/mol. The zero-order chi connectivity index (χ0) is 11.4. The Hall–Kier alpha value is -0.280. The molecule has 1 heterocycles. The van der Waals surface area contributed by atoms with Gasteiger partial charge in [0.15, 0.2) is 5.13 Å². The normalized spacial score (nSPS) is 25.6. The second kappa shape index (κ2) is 5.87. The zero-order valence-corrected chi connectivity index (χ0v) is 11.3. The number of thiazole rings is 1. The van der Waals surface area contributed by atoms with Crippen LogP contribution in [0.4, 0.5) is 5.13 Å². The predicted molar refractivity (Wildman–Crippen MR) is 71.4 cm³/mol. The number of hydrogen-bond donors (Lipinski definition) is 1. The van der Waals surface area contributed by atoms with Crippen molar-refractivity contribution in [3.63, 3.8) is 0 Å². The molecule has 0 aromatic carbocycles. The summed E-state index contributed by atoms with van der Waals surface area (Å²) in [5.74, 6) is 1.83. The van der Waals surface area contributed by atoms with Crippen molar-refractivity contribution in [2.45, 2.75) is 39.0 Å². The monoisotopic (exact) mass is 258 g/mol. The largest absolute Gasteiger partial charge is 0.361 e. The molecule has 0 spiro atoms. The van der Waals surface area contributed by atoms with E-state index in [1.54, 1.807) is 11.3 Å². The Kier molecular flexibility index (Phi) is 4.47. The molecule has 4 heteroatoms.